The average Bonchev–Trinajstić information content (AvgIpc) is 2.64. The van der Waals surface area contributed by atoms with Gasteiger partial charge < -0.3 is 5.32 Å². The molecular weight excluding hydrogens is 378 g/mol. The highest BCUT2D eigenvalue weighted by Crippen LogP contribution is 2.18. The van der Waals surface area contributed by atoms with Crippen molar-refractivity contribution in [2.24, 2.45) is 5.10 Å². The number of hydrogen-bond donors (Lipinski definition) is 2. The summed E-state index contributed by atoms with van der Waals surface area (Å²) in [6, 6.07) is 21.9. The monoisotopic (exact) mass is 395 g/mol. The van der Waals surface area contributed by atoms with Crippen LogP contribution in [0.3, 0.4) is 0 Å². The molecule has 0 unspecified atom stereocenters. The number of benzene rings is 3. The number of hydrazone groups is 1. The van der Waals surface area contributed by atoms with Crippen molar-refractivity contribution in [1.29, 1.82) is 0 Å². The van der Waals surface area contributed by atoms with E-state index in [1.807, 2.05) is 67.6 Å². The van der Waals surface area contributed by atoms with Crippen LogP contribution in [-0.2, 0) is 4.79 Å². The smallest absolute Gasteiger partial charge is 0.259 e. The first-order valence-corrected chi connectivity index (χ1v) is 8.73. The van der Waals surface area contributed by atoms with Crippen LogP contribution in [0.15, 0.2) is 76.3 Å². The molecule has 0 fully saturated rings. The molecule has 0 radical (unpaired) electrons. The lowest BCUT2D eigenvalue weighted by Gasteiger charge is -2.07. The molecule has 5 heteroatoms. The van der Waals surface area contributed by atoms with Crippen LogP contribution in [0.25, 0.3) is 10.8 Å². The number of hydrogen-bond acceptors (Lipinski definition) is 3. The molecule has 0 heterocycles. The zero-order valence-electron chi connectivity index (χ0n) is 13.8. The third-order valence-electron chi connectivity index (χ3n) is 3.79. The van der Waals surface area contributed by atoms with Crippen molar-refractivity contribution >= 4 is 44.0 Å². The summed E-state index contributed by atoms with van der Waals surface area (Å²) >= 11 is 3.43. The highest BCUT2D eigenvalue weighted by molar-refractivity contribution is 9.10. The summed E-state index contributed by atoms with van der Waals surface area (Å²) in [5.74, 6) is -0.192. The molecule has 2 N–H and O–H groups in total. The minimum absolute atomic E-state index is 0.160. The fourth-order valence-electron chi connectivity index (χ4n) is 2.45. The Morgan fingerprint density at radius 1 is 1.00 bits per heavy atom. The molecule has 0 aliphatic carbocycles. The molecule has 25 heavy (non-hydrogen) atoms. The van der Waals surface area contributed by atoms with E-state index in [4.69, 9.17) is 0 Å². The zero-order valence-corrected chi connectivity index (χ0v) is 15.4. The van der Waals surface area contributed by atoms with E-state index in [-0.39, 0.29) is 12.5 Å². The lowest BCUT2D eigenvalue weighted by Crippen LogP contribution is -2.26. The van der Waals surface area contributed by atoms with Gasteiger partial charge in [-0.3, -0.25) is 4.79 Å². The van der Waals surface area contributed by atoms with Crippen LogP contribution in [0, 0.1) is 0 Å². The molecule has 1 amide bonds. The van der Waals surface area contributed by atoms with Gasteiger partial charge in [0.05, 0.1) is 12.3 Å². The van der Waals surface area contributed by atoms with Gasteiger partial charge in [0, 0.05) is 10.2 Å². The number of halogens is 1. The van der Waals surface area contributed by atoms with E-state index in [0.717, 1.165) is 26.8 Å². The van der Waals surface area contributed by atoms with Gasteiger partial charge in [-0.1, -0.05) is 58.4 Å². The second-order valence-electron chi connectivity index (χ2n) is 5.66. The Bertz CT molecular complexity index is 937. The van der Waals surface area contributed by atoms with E-state index >= 15 is 0 Å². The number of nitrogens with zero attached hydrogens (tertiary/aromatic N) is 1. The fraction of sp³-hybridized carbons (Fsp3) is 0.100. The van der Waals surface area contributed by atoms with Gasteiger partial charge in [-0.25, -0.2) is 5.43 Å². The summed E-state index contributed by atoms with van der Waals surface area (Å²) in [5.41, 5.74) is 5.19. The lowest BCUT2D eigenvalue weighted by atomic mass is 10.1. The van der Waals surface area contributed by atoms with Gasteiger partial charge in [0.2, 0.25) is 0 Å². The van der Waals surface area contributed by atoms with Gasteiger partial charge in [-0.2, -0.15) is 5.10 Å². The molecule has 3 aromatic rings. The standard InChI is InChI=1S/C20H18BrN3O/c1-14(16-7-4-8-18(21)11-16)23-24-20(25)13-22-19-10-9-15-5-2-3-6-17(15)12-19/h2-12,22H,13H2,1H3,(H,24,25). The number of carbonyl (C=O) groups is 1. The summed E-state index contributed by atoms with van der Waals surface area (Å²) in [7, 11) is 0. The number of fused-ring (bicyclic) bond motifs is 1. The summed E-state index contributed by atoms with van der Waals surface area (Å²) in [5, 5.41) is 9.58. The Balaban J connectivity index is 1.57. The molecule has 0 atom stereocenters. The van der Waals surface area contributed by atoms with E-state index in [9.17, 15) is 4.79 Å². The van der Waals surface area contributed by atoms with Crippen molar-refractivity contribution in [2.75, 3.05) is 11.9 Å². The summed E-state index contributed by atoms with van der Waals surface area (Å²) in [6.45, 7) is 2.02. The average molecular weight is 396 g/mol. The van der Waals surface area contributed by atoms with Crippen molar-refractivity contribution in [1.82, 2.24) is 5.43 Å². The Morgan fingerprint density at radius 3 is 2.60 bits per heavy atom. The third kappa shape index (κ3) is 4.67. The first-order valence-electron chi connectivity index (χ1n) is 7.93. The molecule has 126 valence electrons. The Hall–Kier alpha value is -2.66. The van der Waals surface area contributed by atoms with Crippen molar-refractivity contribution in [2.45, 2.75) is 6.92 Å². The van der Waals surface area contributed by atoms with Gasteiger partial charge in [-0.15, -0.1) is 0 Å². The van der Waals surface area contributed by atoms with Crippen molar-refractivity contribution in [3.05, 3.63) is 76.8 Å². The van der Waals surface area contributed by atoms with Crippen LogP contribution in [-0.4, -0.2) is 18.2 Å². The number of amides is 1. The van der Waals surface area contributed by atoms with E-state index in [1.54, 1.807) is 0 Å². The predicted octanol–water partition coefficient (Wildman–Crippen LogP) is 4.55. The van der Waals surface area contributed by atoms with Crippen molar-refractivity contribution in [3.8, 4) is 0 Å². The molecule has 0 bridgehead atoms. The molecule has 0 spiro atoms. The van der Waals surface area contributed by atoms with Crippen LogP contribution in [0.1, 0.15) is 12.5 Å². The summed E-state index contributed by atoms with van der Waals surface area (Å²) in [4.78, 5) is 12.0. The second-order valence-corrected chi connectivity index (χ2v) is 6.57. The van der Waals surface area contributed by atoms with E-state index < -0.39 is 0 Å². The third-order valence-corrected chi connectivity index (χ3v) is 4.29. The summed E-state index contributed by atoms with van der Waals surface area (Å²) in [6.07, 6.45) is 0. The molecule has 0 aliphatic heterocycles. The molecule has 0 saturated carbocycles. The number of carbonyl (C=O) groups excluding carboxylic acids is 1. The lowest BCUT2D eigenvalue weighted by molar-refractivity contribution is -0.119. The van der Waals surface area contributed by atoms with E-state index in [1.165, 1.54) is 5.39 Å². The van der Waals surface area contributed by atoms with Gasteiger partial charge in [-0.05, 0) is 47.5 Å². The fourth-order valence-corrected chi connectivity index (χ4v) is 2.84. The topological polar surface area (TPSA) is 53.5 Å². The Morgan fingerprint density at radius 2 is 1.80 bits per heavy atom. The second kappa shape index (κ2) is 7.94. The van der Waals surface area contributed by atoms with Crippen LogP contribution in [0.2, 0.25) is 0 Å². The number of rotatable bonds is 5. The zero-order chi connectivity index (χ0) is 17.6. The number of anilines is 1. The molecule has 4 nitrogen and oxygen atoms in total. The van der Waals surface area contributed by atoms with Crippen LogP contribution < -0.4 is 10.7 Å². The first kappa shape index (κ1) is 17.2. The van der Waals surface area contributed by atoms with Gasteiger partial charge >= 0.3 is 0 Å². The molecule has 3 rings (SSSR count). The van der Waals surface area contributed by atoms with Gasteiger partial charge in [0.15, 0.2) is 0 Å². The van der Waals surface area contributed by atoms with Crippen LogP contribution >= 0.6 is 15.9 Å². The summed E-state index contributed by atoms with van der Waals surface area (Å²) < 4.78 is 0.976. The van der Waals surface area contributed by atoms with Gasteiger partial charge in [0.25, 0.3) is 5.91 Å². The van der Waals surface area contributed by atoms with Crippen molar-refractivity contribution in [3.63, 3.8) is 0 Å². The molecule has 0 aromatic heterocycles. The van der Waals surface area contributed by atoms with Crippen LogP contribution in [0.4, 0.5) is 5.69 Å². The normalized spacial score (nSPS) is 11.4. The molecule has 0 saturated heterocycles. The highest BCUT2D eigenvalue weighted by atomic mass is 79.9. The van der Waals surface area contributed by atoms with Gasteiger partial charge in [0.1, 0.15) is 0 Å². The quantitative estimate of drug-likeness (QED) is 0.491. The van der Waals surface area contributed by atoms with E-state index in [0.29, 0.717) is 0 Å². The Labute approximate surface area is 155 Å². The molecular formula is C20H18BrN3O. The predicted molar refractivity (Wildman–Crippen MR) is 107 cm³/mol. The highest BCUT2D eigenvalue weighted by Gasteiger charge is 2.03. The first-order chi connectivity index (χ1) is 12.1. The van der Waals surface area contributed by atoms with Crippen LogP contribution in [0.5, 0.6) is 0 Å². The van der Waals surface area contributed by atoms with E-state index in [2.05, 4.69) is 37.8 Å². The minimum atomic E-state index is -0.192. The maximum Gasteiger partial charge on any atom is 0.259 e. The molecule has 0 aliphatic rings. The largest absolute Gasteiger partial charge is 0.376 e. The maximum absolute atomic E-state index is 12.0. The Kier molecular flexibility index (Phi) is 5.46. The minimum Gasteiger partial charge on any atom is -0.376 e. The maximum atomic E-state index is 12.0. The number of nitrogens with one attached hydrogen (secondary N) is 2. The molecule has 3 aromatic carbocycles. The SMILES string of the molecule is CC(=NNC(=O)CNc1ccc2ccccc2c1)c1cccc(Br)c1. The van der Waals surface area contributed by atoms with Crippen molar-refractivity contribution < 1.29 is 4.79 Å².